The fourth-order valence-corrected chi connectivity index (χ4v) is 5.74. The Morgan fingerprint density at radius 1 is 0.837 bits per heavy atom. The van der Waals surface area contributed by atoms with Crippen LogP contribution in [0.15, 0.2) is 95.8 Å². The summed E-state index contributed by atoms with van der Waals surface area (Å²) in [7, 11) is 1.77. The first-order valence-corrected chi connectivity index (χ1v) is 14.5. The summed E-state index contributed by atoms with van der Waals surface area (Å²) in [5.41, 5.74) is 4.80. The number of piperidine rings is 1. The first kappa shape index (κ1) is 28.1. The Hall–Kier alpha value is -5.05. The van der Waals surface area contributed by atoms with Gasteiger partial charge in [-0.05, 0) is 48.1 Å². The third-order valence-corrected chi connectivity index (χ3v) is 7.97. The second kappa shape index (κ2) is 12.4. The standard InChI is InChI=1S/C34H34N4O5/c1-36-32-27(37-19-17-24(18-20-37)21-31(39)40)13-8-14-28(32)38(34(36)41)29-15-16-30(42-22-25-9-4-2-5-10-25)35-33(29)43-23-26-11-6-3-7-12-26/h2-16,24H,17-23H2,1H3,(H,39,40). The van der Waals surface area contributed by atoms with Crippen LogP contribution in [-0.2, 0) is 25.1 Å². The maximum atomic E-state index is 13.8. The highest BCUT2D eigenvalue weighted by Gasteiger charge is 2.26. The van der Waals surface area contributed by atoms with Crippen LogP contribution in [0.25, 0.3) is 16.7 Å². The van der Waals surface area contributed by atoms with Crippen molar-refractivity contribution >= 4 is 22.7 Å². The van der Waals surface area contributed by atoms with Gasteiger partial charge in [0.2, 0.25) is 11.8 Å². The molecule has 0 spiro atoms. The number of hydrogen-bond donors (Lipinski definition) is 1. The topological polar surface area (TPSA) is 98.8 Å². The average Bonchev–Trinajstić information content (AvgIpc) is 3.29. The molecule has 1 aliphatic heterocycles. The summed E-state index contributed by atoms with van der Waals surface area (Å²) < 4.78 is 15.6. The zero-order chi connectivity index (χ0) is 29.8. The summed E-state index contributed by atoms with van der Waals surface area (Å²) >= 11 is 0. The van der Waals surface area contributed by atoms with Gasteiger partial charge in [-0.2, -0.15) is 4.98 Å². The first-order chi connectivity index (χ1) is 21.0. The first-order valence-electron chi connectivity index (χ1n) is 14.5. The van der Waals surface area contributed by atoms with Crippen LogP contribution >= 0.6 is 0 Å². The molecular weight excluding hydrogens is 544 g/mol. The Labute approximate surface area is 249 Å². The highest BCUT2D eigenvalue weighted by Crippen LogP contribution is 2.33. The number of rotatable bonds is 10. The van der Waals surface area contributed by atoms with Crippen molar-refractivity contribution in [2.75, 3.05) is 18.0 Å². The molecule has 0 unspecified atom stereocenters. The molecule has 1 fully saturated rings. The minimum absolute atomic E-state index is 0.166. The molecule has 0 atom stereocenters. The van der Waals surface area contributed by atoms with Gasteiger partial charge < -0.3 is 19.5 Å². The second-order valence-corrected chi connectivity index (χ2v) is 10.9. The molecule has 43 heavy (non-hydrogen) atoms. The van der Waals surface area contributed by atoms with E-state index < -0.39 is 5.97 Å². The lowest BCUT2D eigenvalue weighted by Crippen LogP contribution is -2.34. The number of pyridine rings is 1. The van der Waals surface area contributed by atoms with Crippen molar-refractivity contribution in [1.82, 2.24) is 14.1 Å². The number of carboxylic acids is 1. The molecule has 0 saturated carbocycles. The number of ether oxygens (including phenoxy) is 2. The molecule has 6 rings (SSSR count). The van der Waals surface area contributed by atoms with E-state index in [2.05, 4.69) is 4.90 Å². The van der Waals surface area contributed by atoms with Crippen molar-refractivity contribution in [3.63, 3.8) is 0 Å². The molecular formula is C34H34N4O5. The third-order valence-electron chi connectivity index (χ3n) is 7.97. The fourth-order valence-electron chi connectivity index (χ4n) is 5.74. The predicted molar refractivity (Wildman–Crippen MR) is 165 cm³/mol. The van der Waals surface area contributed by atoms with E-state index in [4.69, 9.17) is 14.5 Å². The number of hydrogen-bond acceptors (Lipinski definition) is 6. The molecule has 0 aliphatic carbocycles. The van der Waals surface area contributed by atoms with Gasteiger partial charge in [0.25, 0.3) is 0 Å². The van der Waals surface area contributed by atoms with Crippen molar-refractivity contribution in [3.8, 4) is 17.4 Å². The molecule has 220 valence electrons. The number of anilines is 1. The van der Waals surface area contributed by atoms with Gasteiger partial charge in [-0.25, -0.2) is 4.79 Å². The maximum absolute atomic E-state index is 13.8. The van der Waals surface area contributed by atoms with Crippen molar-refractivity contribution in [2.24, 2.45) is 13.0 Å². The number of imidazole rings is 1. The summed E-state index contributed by atoms with van der Waals surface area (Å²) in [6, 6.07) is 29.2. The highest BCUT2D eigenvalue weighted by molar-refractivity contribution is 5.91. The van der Waals surface area contributed by atoms with Crippen molar-refractivity contribution in [3.05, 3.63) is 113 Å². The summed E-state index contributed by atoms with van der Waals surface area (Å²) in [5, 5.41) is 9.21. The minimum Gasteiger partial charge on any atom is -0.481 e. The van der Waals surface area contributed by atoms with Crippen LogP contribution in [0.4, 0.5) is 5.69 Å². The summed E-state index contributed by atoms with van der Waals surface area (Å²) in [6.07, 6.45) is 1.78. The number of aliphatic carboxylic acids is 1. The number of nitrogens with zero attached hydrogens (tertiary/aromatic N) is 4. The van der Waals surface area contributed by atoms with E-state index in [0.29, 0.717) is 24.1 Å². The van der Waals surface area contributed by atoms with Gasteiger partial charge >= 0.3 is 11.7 Å². The Morgan fingerprint density at radius 3 is 2.14 bits per heavy atom. The molecule has 0 bridgehead atoms. The number of aryl methyl sites for hydroxylation is 1. The van der Waals surface area contributed by atoms with Gasteiger partial charge in [0.1, 0.15) is 18.9 Å². The van der Waals surface area contributed by atoms with Crippen molar-refractivity contribution in [1.29, 1.82) is 0 Å². The molecule has 9 nitrogen and oxygen atoms in total. The van der Waals surface area contributed by atoms with E-state index >= 15 is 0 Å². The van der Waals surface area contributed by atoms with Crippen molar-refractivity contribution in [2.45, 2.75) is 32.5 Å². The molecule has 0 amide bonds. The number of para-hydroxylation sites is 1. The smallest absolute Gasteiger partial charge is 0.333 e. The zero-order valence-electron chi connectivity index (χ0n) is 24.1. The van der Waals surface area contributed by atoms with Gasteiger partial charge in [-0.15, -0.1) is 0 Å². The molecule has 0 radical (unpaired) electrons. The Bertz CT molecular complexity index is 1770. The lowest BCUT2D eigenvalue weighted by atomic mass is 9.93. The summed E-state index contributed by atoms with van der Waals surface area (Å²) in [5.74, 6) is 0.104. The molecule has 1 N–H and O–H groups in total. The van der Waals surface area contributed by atoms with Gasteiger partial charge in [-0.1, -0.05) is 66.7 Å². The van der Waals surface area contributed by atoms with Crippen LogP contribution in [0, 0.1) is 5.92 Å². The van der Waals surface area contributed by atoms with E-state index in [1.807, 2.05) is 84.9 Å². The monoisotopic (exact) mass is 578 g/mol. The number of aromatic nitrogens is 3. The quantitative estimate of drug-likeness (QED) is 0.231. The van der Waals surface area contributed by atoms with Gasteiger partial charge in [0.15, 0.2) is 0 Å². The van der Waals surface area contributed by atoms with Crippen LogP contribution in [0.1, 0.15) is 30.4 Å². The van der Waals surface area contributed by atoms with Crippen LogP contribution in [0.2, 0.25) is 0 Å². The third kappa shape index (κ3) is 6.11. The van der Waals surface area contributed by atoms with Gasteiger partial charge in [-0.3, -0.25) is 13.9 Å². The number of fused-ring (bicyclic) bond motifs is 1. The largest absolute Gasteiger partial charge is 0.481 e. The zero-order valence-corrected chi connectivity index (χ0v) is 24.1. The molecule has 1 saturated heterocycles. The molecule has 1 aliphatic rings. The van der Waals surface area contributed by atoms with Crippen LogP contribution in [-0.4, -0.2) is 38.3 Å². The molecule has 2 aromatic heterocycles. The normalized spacial score (nSPS) is 13.7. The van der Waals surface area contributed by atoms with E-state index in [-0.39, 0.29) is 24.6 Å². The minimum atomic E-state index is -0.754. The van der Waals surface area contributed by atoms with E-state index in [1.165, 1.54) is 0 Å². The maximum Gasteiger partial charge on any atom is 0.333 e. The highest BCUT2D eigenvalue weighted by atomic mass is 16.5. The van der Waals surface area contributed by atoms with Gasteiger partial charge in [0.05, 0.1) is 16.7 Å². The Morgan fingerprint density at radius 2 is 1.49 bits per heavy atom. The Balaban J connectivity index is 1.36. The predicted octanol–water partition coefficient (Wildman–Crippen LogP) is 5.57. The summed E-state index contributed by atoms with van der Waals surface area (Å²) in [4.78, 5) is 32.0. The molecule has 3 heterocycles. The van der Waals surface area contributed by atoms with Crippen molar-refractivity contribution < 1.29 is 19.4 Å². The van der Waals surface area contributed by atoms with E-state index in [0.717, 1.165) is 53.8 Å². The Kier molecular flexibility index (Phi) is 8.13. The second-order valence-electron chi connectivity index (χ2n) is 10.9. The summed E-state index contributed by atoms with van der Waals surface area (Å²) in [6.45, 7) is 2.10. The van der Waals surface area contributed by atoms with E-state index in [9.17, 15) is 14.7 Å². The molecule has 9 heteroatoms. The molecule has 5 aromatic rings. The average molecular weight is 579 g/mol. The lowest BCUT2D eigenvalue weighted by Gasteiger charge is -2.33. The van der Waals surface area contributed by atoms with Crippen LogP contribution in [0.3, 0.4) is 0 Å². The SMILES string of the molecule is Cn1c(=O)n(-c2ccc(OCc3ccccc3)nc2OCc2ccccc2)c2cccc(N3CCC(CC(=O)O)CC3)c21. The number of carboxylic acid groups (broad SMARTS) is 1. The number of benzene rings is 3. The van der Waals surface area contributed by atoms with Crippen LogP contribution < -0.4 is 20.1 Å². The van der Waals surface area contributed by atoms with Gasteiger partial charge in [0, 0.05) is 32.6 Å². The lowest BCUT2D eigenvalue weighted by molar-refractivity contribution is -0.138. The van der Waals surface area contributed by atoms with Crippen LogP contribution in [0.5, 0.6) is 11.8 Å². The fraction of sp³-hybridized carbons (Fsp3) is 0.265. The molecule has 3 aromatic carbocycles. The van der Waals surface area contributed by atoms with E-state index in [1.54, 1.807) is 22.2 Å². The number of carbonyl (C=O) groups is 1.